The summed E-state index contributed by atoms with van der Waals surface area (Å²) in [6.07, 6.45) is 0.236. The zero-order valence-corrected chi connectivity index (χ0v) is 8.61. The molecule has 0 aromatic rings. The normalized spacial score (nSPS) is 12.3. The summed E-state index contributed by atoms with van der Waals surface area (Å²) in [7, 11) is 0. The zero-order valence-electron chi connectivity index (χ0n) is 8.61. The van der Waals surface area contributed by atoms with Gasteiger partial charge in [-0.05, 0) is 18.0 Å². The molecule has 0 bridgehead atoms. The van der Waals surface area contributed by atoms with Crippen LogP contribution in [0.15, 0.2) is 16.6 Å². The lowest BCUT2D eigenvalue weighted by Gasteiger charge is -2.05. The molecule has 0 saturated heterocycles. The van der Waals surface area contributed by atoms with Gasteiger partial charge in [0.05, 0.1) is 6.61 Å². The van der Waals surface area contributed by atoms with E-state index in [4.69, 9.17) is 0 Å². The maximum Gasteiger partial charge on any atom is 0.364 e. The summed E-state index contributed by atoms with van der Waals surface area (Å²) in [6.45, 7) is 5.46. The largest absolute Gasteiger partial charge is 0.510 e. The highest BCUT2D eigenvalue weighted by Crippen LogP contribution is 2.14. The van der Waals surface area contributed by atoms with Gasteiger partial charge in [-0.1, -0.05) is 13.8 Å². The standard InChI is InChI=1S/C9H15NO4/c1-4-14-9(12)8(10-13)7(11)5-6(2)3/h6,11H,4-5H2,1-3H3/b8-7-. The Hall–Kier alpha value is -1.39. The maximum atomic E-state index is 11.1. The van der Waals surface area contributed by atoms with Gasteiger partial charge in [-0.3, -0.25) is 0 Å². The molecule has 0 heterocycles. The number of nitrogens with zero attached hydrogens (tertiary/aromatic N) is 1. The second kappa shape index (κ2) is 6.12. The third-order valence-corrected chi connectivity index (χ3v) is 1.44. The highest BCUT2D eigenvalue weighted by atomic mass is 16.5. The molecule has 14 heavy (non-hydrogen) atoms. The number of aliphatic hydroxyl groups is 1. The van der Waals surface area contributed by atoms with Gasteiger partial charge in [0.15, 0.2) is 0 Å². The number of hydrogen-bond acceptors (Lipinski definition) is 5. The van der Waals surface area contributed by atoms with Crippen molar-refractivity contribution < 1.29 is 14.6 Å². The number of hydrogen-bond donors (Lipinski definition) is 1. The molecule has 0 aliphatic heterocycles. The molecule has 0 spiro atoms. The lowest BCUT2D eigenvalue weighted by Crippen LogP contribution is -2.09. The Bertz CT molecular complexity index is 245. The van der Waals surface area contributed by atoms with E-state index in [1.165, 1.54) is 0 Å². The van der Waals surface area contributed by atoms with Crippen molar-refractivity contribution in [3.8, 4) is 0 Å². The van der Waals surface area contributed by atoms with Crippen molar-refractivity contribution in [2.24, 2.45) is 11.1 Å². The Balaban J connectivity index is 4.65. The zero-order chi connectivity index (χ0) is 11.1. The minimum absolute atomic E-state index is 0.140. The topological polar surface area (TPSA) is 76.0 Å². The lowest BCUT2D eigenvalue weighted by molar-refractivity contribution is -0.138. The summed E-state index contributed by atoms with van der Waals surface area (Å²) in [5.74, 6) is -1.05. The summed E-state index contributed by atoms with van der Waals surface area (Å²) in [5, 5.41) is 11.8. The molecular weight excluding hydrogens is 186 g/mol. The molecule has 5 nitrogen and oxygen atoms in total. The molecule has 0 aliphatic carbocycles. The van der Waals surface area contributed by atoms with Gasteiger partial charge >= 0.3 is 5.97 Å². The molecule has 0 aliphatic rings. The van der Waals surface area contributed by atoms with Crippen molar-refractivity contribution in [2.45, 2.75) is 27.2 Å². The number of aliphatic hydroxyl groups excluding tert-OH is 1. The van der Waals surface area contributed by atoms with Crippen LogP contribution in [0.4, 0.5) is 0 Å². The minimum atomic E-state index is -0.874. The first-order valence-corrected chi connectivity index (χ1v) is 4.45. The van der Waals surface area contributed by atoms with Crippen molar-refractivity contribution >= 4 is 5.97 Å². The monoisotopic (exact) mass is 201 g/mol. The van der Waals surface area contributed by atoms with Gasteiger partial charge in [0, 0.05) is 6.42 Å². The van der Waals surface area contributed by atoms with Gasteiger partial charge in [0.1, 0.15) is 5.76 Å². The Morgan fingerprint density at radius 1 is 1.50 bits per heavy atom. The van der Waals surface area contributed by atoms with E-state index < -0.39 is 11.7 Å². The molecule has 0 saturated carbocycles. The molecule has 0 atom stereocenters. The number of carbonyl (C=O) groups is 1. The van der Waals surface area contributed by atoms with Gasteiger partial charge in [0.25, 0.3) is 0 Å². The second-order valence-electron chi connectivity index (χ2n) is 3.21. The second-order valence-corrected chi connectivity index (χ2v) is 3.21. The van der Waals surface area contributed by atoms with Crippen LogP contribution in [0.1, 0.15) is 27.2 Å². The SMILES string of the molecule is CCOC(=O)/C(N=O)=C(/O)CC(C)C. The molecule has 0 unspecified atom stereocenters. The summed E-state index contributed by atoms with van der Waals surface area (Å²) in [4.78, 5) is 21.3. The average Bonchev–Trinajstić information content (AvgIpc) is 2.04. The molecule has 0 rings (SSSR count). The third-order valence-electron chi connectivity index (χ3n) is 1.44. The van der Waals surface area contributed by atoms with Crippen LogP contribution in [0.3, 0.4) is 0 Å². The lowest BCUT2D eigenvalue weighted by atomic mass is 10.1. The van der Waals surface area contributed by atoms with Crippen molar-refractivity contribution in [1.29, 1.82) is 0 Å². The summed E-state index contributed by atoms with van der Waals surface area (Å²) in [5.41, 5.74) is -0.527. The predicted molar refractivity (Wildman–Crippen MR) is 51.5 cm³/mol. The number of rotatable bonds is 5. The fraction of sp³-hybridized carbons (Fsp3) is 0.667. The average molecular weight is 201 g/mol. The molecule has 0 radical (unpaired) electrons. The minimum Gasteiger partial charge on any atom is -0.510 e. The van der Waals surface area contributed by atoms with Crippen LogP contribution < -0.4 is 0 Å². The summed E-state index contributed by atoms with van der Waals surface area (Å²) >= 11 is 0. The molecule has 0 fully saturated rings. The van der Waals surface area contributed by atoms with Crippen LogP contribution in [0.25, 0.3) is 0 Å². The molecule has 5 heteroatoms. The smallest absolute Gasteiger partial charge is 0.364 e. The molecule has 0 amide bonds. The third kappa shape index (κ3) is 4.02. The van der Waals surface area contributed by atoms with Gasteiger partial charge in [-0.15, -0.1) is 4.91 Å². The number of nitroso groups, excluding NO2 is 1. The van der Waals surface area contributed by atoms with Crippen molar-refractivity contribution in [1.82, 2.24) is 0 Å². The van der Waals surface area contributed by atoms with E-state index in [0.29, 0.717) is 0 Å². The van der Waals surface area contributed by atoms with Crippen LogP contribution in [0.5, 0.6) is 0 Å². The highest BCUT2D eigenvalue weighted by molar-refractivity contribution is 5.88. The van der Waals surface area contributed by atoms with E-state index >= 15 is 0 Å². The van der Waals surface area contributed by atoms with Crippen LogP contribution in [-0.4, -0.2) is 17.7 Å². The van der Waals surface area contributed by atoms with Crippen molar-refractivity contribution in [3.05, 3.63) is 16.4 Å². The van der Waals surface area contributed by atoms with Gasteiger partial charge in [0.2, 0.25) is 5.70 Å². The van der Waals surface area contributed by atoms with Crippen molar-refractivity contribution in [3.63, 3.8) is 0 Å². The Morgan fingerprint density at radius 3 is 2.43 bits per heavy atom. The van der Waals surface area contributed by atoms with Crippen LogP contribution in [0.2, 0.25) is 0 Å². The Labute approximate surface area is 82.7 Å². The maximum absolute atomic E-state index is 11.1. The molecule has 0 aromatic carbocycles. The van der Waals surface area contributed by atoms with Gasteiger partial charge in [-0.25, -0.2) is 4.79 Å². The van der Waals surface area contributed by atoms with E-state index in [0.717, 1.165) is 0 Å². The summed E-state index contributed by atoms with van der Waals surface area (Å²) in [6, 6.07) is 0. The van der Waals surface area contributed by atoms with E-state index in [1.807, 2.05) is 13.8 Å². The quantitative estimate of drug-likeness (QED) is 0.320. The van der Waals surface area contributed by atoms with E-state index in [9.17, 15) is 14.8 Å². The number of ether oxygens (including phenoxy) is 1. The number of carbonyl (C=O) groups excluding carboxylic acids is 1. The van der Waals surface area contributed by atoms with Crippen LogP contribution in [-0.2, 0) is 9.53 Å². The molecule has 0 aromatic heterocycles. The Morgan fingerprint density at radius 2 is 2.07 bits per heavy atom. The first kappa shape index (κ1) is 12.6. The Kier molecular flexibility index (Phi) is 5.52. The highest BCUT2D eigenvalue weighted by Gasteiger charge is 2.18. The fourth-order valence-electron chi connectivity index (χ4n) is 0.891. The first-order chi connectivity index (χ1) is 6.52. The van der Waals surface area contributed by atoms with Gasteiger partial charge in [-0.2, -0.15) is 0 Å². The van der Waals surface area contributed by atoms with E-state index in [1.54, 1.807) is 6.92 Å². The molecule has 1 N–H and O–H groups in total. The molecular formula is C9H15NO4. The van der Waals surface area contributed by atoms with Crippen LogP contribution >= 0.6 is 0 Å². The number of esters is 1. The van der Waals surface area contributed by atoms with Gasteiger partial charge < -0.3 is 9.84 Å². The first-order valence-electron chi connectivity index (χ1n) is 4.45. The van der Waals surface area contributed by atoms with E-state index in [2.05, 4.69) is 9.91 Å². The van der Waals surface area contributed by atoms with E-state index in [-0.39, 0.29) is 24.7 Å². The van der Waals surface area contributed by atoms with Crippen molar-refractivity contribution in [2.75, 3.05) is 6.61 Å². The summed E-state index contributed by atoms with van der Waals surface area (Å²) < 4.78 is 4.55. The van der Waals surface area contributed by atoms with Crippen LogP contribution in [0, 0.1) is 10.8 Å². The number of allylic oxidation sites excluding steroid dienone is 1. The molecule has 80 valence electrons. The predicted octanol–water partition coefficient (Wildman–Crippen LogP) is 2.13. The fourth-order valence-corrected chi connectivity index (χ4v) is 0.891.